The van der Waals surface area contributed by atoms with Gasteiger partial charge >= 0.3 is 0 Å². The third-order valence-corrected chi connectivity index (χ3v) is 5.65. The number of carbonyl (C=O) groups excluding carboxylic acids is 1. The molecule has 0 spiro atoms. The monoisotopic (exact) mass is 423 g/mol. The second-order valence-corrected chi connectivity index (χ2v) is 8.14. The summed E-state index contributed by atoms with van der Waals surface area (Å²) < 4.78 is 1.12. The number of thiazole rings is 1. The van der Waals surface area contributed by atoms with Gasteiger partial charge in [0.05, 0.1) is 20.6 Å². The number of aromatic nitrogens is 2. The zero-order valence-electron chi connectivity index (χ0n) is 10.9. The fourth-order valence-corrected chi connectivity index (χ4v) is 4.14. The highest BCUT2D eigenvalue weighted by Crippen LogP contribution is 2.39. The Bertz CT molecular complexity index is 893. The van der Waals surface area contributed by atoms with Crippen molar-refractivity contribution in [3.63, 3.8) is 0 Å². The standard InChI is InChI=1S/C13H5Cl4N3OS2/c14-7-1-5(3-18-10(7)16)12(21)20-13-19-8(4-22-13)6-2-9(15)23-11(6)17/h1-4H,(H,19,20,21). The molecule has 0 aliphatic carbocycles. The molecule has 3 aromatic heterocycles. The number of nitrogens with zero attached hydrogens (tertiary/aromatic N) is 2. The minimum Gasteiger partial charge on any atom is -0.298 e. The van der Waals surface area contributed by atoms with Crippen LogP contribution in [0, 0.1) is 0 Å². The molecule has 0 aromatic carbocycles. The highest BCUT2D eigenvalue weighted by molar-refractivity contribution is 7.20. The minimum absolute atomic E-state index is 0.142. The van der Waals surface area contributed by atoms with E-state index in [1.165, 1.54) is 34.9 Å². The number of pyridine rings is 1. The van der Waals surface area contributed by atoms with E-state index in [0.29, 0.717) is 19.5 Å². The number of hydrogen-bond donors (Lipinski definition) is 1. The lowest BCUT2D eigenvalue weighted by molar-refractivity contribution is 0.102. The topological polar surface area (TPSA) is 54.9 Å². The lowest BCUT2D eigenvalue weighted by Gasteiger charge is -2.02. The largest absolute Gasteiger partial charge is 0.298 e. The van der Waals surface area contributed by atoms with E-state index in [2.05, 4.69) is 15.3 Å². The molecule has 0 unspecified atom stereocenters. The molecule has 0 aliphatic rings. The lowest BCUT2D eigenvalue weighted by Crippen LogP contribution is -2.12. The van der Waals surface area contributed by atoms with Gasteiger partial charge in [-0.25, -0.2) is 9.97 Å². The number of rotatable bonds is 3. The highest BCUT2D eigenvalue weighted by Gasteiger charge is 2.15. The Morgan fingerprint density at radius 1 is 1.17 bits per heavy atom. The molecule has 3 aromatic rings. The number of halogens is 4. The summed E-state index contributed by atoms with van der Waals surface area (Å²) in [4.78, 5) is 20.3. The quantitative estimate of drug-likeness (QED) is 0.514. The summed E-state index contributed by atoms with van der Waals surface area (Å²) in [6, 6.07) is 3.17. The average Bonchev–Trinajstić information content (AvgIpc) is 3.08. The molecule has 3 rings (SSSR count). The van der Waals surface area contributed by atoms with Crippen molar-refractivity contribution in [3.8, 4) is 11.3 Å². The van der Waals surface area contributed by atoms with Crippen molar-refractivity contribution >= 4 is 80.1 Å². The van der Waals surface area contributed by atoms with E-state index in [1.807, 2.05) is 0 Å². The zero-order valence-corrected chi connectivity index (χ0v) is 15.6. The van der Waals surface area contributed by atoms with Crippen molar-refractivity contribution in [2.24, 2.45) is 0 Å². The van der Waals surface area contributed by atoms with E-state index in [4.69, 9.17) is 46.4 Å². The molecule has 0 saturated carbocycles. The number of carbonyl (C=O) groups is 1. The molecule has 1 N–H and O–H groups in total. The summed E-state index contributed by atoms with van der Waals surface area (Å²) >= 11 is 26.1. The van der Waals surface area contributed by atoms with Gasteiger partial charge in [0.25, 0.3) is 5.91 Å². The Kier molecular flexibility index (Phi) is 5.10. The second kappa shape index (κ2) is 6.93. The van der Waals surface area contributed by atoms with Gasteiger partial charge in [0, 0.05) is 17.1 Å². The molecule has 0 aliphatic heterocycles. The van der Waals surface area contributed by atoms with Gasteiger partial charge in [-0.1, -0.05) is 46.4 Å². The van der Waals surface area contributed by atoms with Crippen LogP contribution in [0.2, 0.25) is 18.8 Å². The Morgan fingerprint density at radius 3 is 2.61 bits per heavy atom. The van der Waals surface area contributed by atoms with Crippen LogP contribution in [0.15, 0.2) is 23.7 Å². The molecule has 3 heterocycles. The first-order valence-electron chi connectivity index (χ1n) is 5.97. The van der Waals surface area contributed by atoms with E-state index in [-0.39, 0.29) is 21.6 Å². The van der Waals surface area contributed by atoms with Crippen LogP contribution in [0.4, 0.5) is 5.13 Å². The van der Waals surface area contributed by atoms with Crippen molar-refractivity contribution in [1.82, 2.24) is 9.97 Å². The Morgan fingerprint density at radius 2 is 1.96 bits per heavy atom. The second-order valence-electron chi connectivity index (χ2n) is 4.23. The van der Waals surface area contributed by atoms with Gasteiger partial charge in [-0.05, 0) is 12.1 Å². The first-order chi connectivity index (χ1) is 10.9. The molecular weight excluding hydrogens is 420 g/mol. The summed E-state index contributed by atoms with van der Waals surface area (Å²) in [6.07, 6.45) is 1.34. The van der Waals surface area contributed by atoms with Gasteiger partial charge in [-0.2, -0.15) is 0 Å². The van der Waals surface area contributed by atoms with E-state index in [1.54, 1.807) is 11.4 Å². The smallest absolute Gasteiger partial charge is 0.259 e. The molecular formula is C13H5Cl4N3OS2. The SMILES string of the molecule is O=C(Nc1nc(-c2cc(Cl)sc2Cl)cs1)c1cnc(Cl)c(Cl)c1. The number of amides is 1. The van der Waals surface area contributed by atoms with Crippen LogP contribution in [0.5, 0.6) is 0 Å². The molecule has 0 fully saturated rings. The van der Waals surface area contributed by atoms with Crippen molar-refractivity contribution < 1.29 is 4.79 Å². The van der Waals surface area contributed by atoms with E-state index < -0.39 is 0 Å². The maximum absolute atomic E-state index is 12.2. The van der Waals surface area contributed by atoms with Crippen molar-refractivity contribution in [3.05, 3.63) is 48.1 Å². The molecule has 118 valence electrons. The fraction of sp³-hybridized carbons (Fsp3) is 0. The third-order valence-electron chi connectivity index (χ3n) is 2.72. The van der Waals surface area contributed by atoms with Gasteiger partial charge in [0.2, 0.25) is 0 Å². The number of nitrogens with one attached hydrogen (secondary N) is 1. The maximum Gasteiger partial charge on any atom is 0.259 e. The van der Waals surface area contributed by atoms with Crippen LogP contribution < -0.4 is 5.32 Å². The van der Waals surface area contributed by atoms with E-state index in [0.717, 1.165) is 5.56 Å². The average molecular weight is 425 g/mol. The van der Waals surface area contributed by atoms with Crippen LogP contribution in [0.3, 0.4) is 0 Å². The molecule has 1 amide bonds. The molecule has 0 saturated heterocycles. The van der Waals surface area contributed by atoms with E-state index >= 15 is 0 Å². The van der Waals surface area contributed by atoms with Crippen LogP contribution in [-0.4, -0.2) is 15.9 Å². The maximum atomic E-state index is 12.2. The van der Waals surface area contributed by atoms with Gasteiger partial charge in [0.15, 0.2) is 5.13 Å². The summed E-state index contributed by atoms with van der Waals surface area (Å²) in [5.41, 5.74) is 1.66. The Balaban J connectivity index is 1.80. The molecule has 10 heteroatoms. The van der Waals surface area contributed by atoms with E-state index in [9.17, 15) is 4.79 Å². The summed E-state index contributed by atoms with van der Waals surface area (Å²) in [5.74, 6) is -0.383. The van der Waals surface area contributed by atoms with Crippen LogP contribution >= 0.6 is 69.1 Å². The first-order valence-corrected chi connectivity index (χ1v) is 9.18. The number of hydrogen-bond acceptors (Lipinski definition) is 5. The van der Waals surface area contributed by atoms with Crippen molar-refractivity contribution in [1.29, 1.82) is 0 Å². The minimum atomic E-state index is -0.383. The summed E-state index contributed by atoms with van der Waals surface area (Å²) in [5, 5.41) is 5.24. The molecule has 0 bridgehead atoms. The predicted octanol–water partition coefficient (Wildman–Crippen LogP) is 6.13. The van der Waals surface area contributed by atoms with Gasteiger partial charge in [-0.3, -0.25) is 10.1 Å². The number of anilines is 1. The third kappa shape index (κ3) is 3.79. The molecule has 4 nitrogen and oxygen atoms in total. The fourth-order valence-electron chi connectivity index (χ4n) is 1.68. The van der Waals surface area contributed by atoms with Crippen LogP contribution in [0.25, 0.3) is 11.3 Å². The molecule has 0 radical (unpaired) electrons. The molecule has 0 atom stereocenters. The Hall–Kier alpha value is -0.890. The van der Waals surface area contributed by atoms with Crippen molar-refractivity contribution in [2.75, 3.05) is 5.32 Å². The lowest BCUT2D eigenvalue weighted by atomic mass is 10.3. The van der Waals surface area contributed by atoms with Crippen molar-refractivity contribution in [2.45, 2.75) is 0 Å². The zero-order chi connectivity index (χ0) is 16.6. The van der Waals surface area contributed by atoms with Gasteiger partial charge in [0.1, 0.15) is 9.49 Å². The Labute approximate surface area is 159 Å². The normalized spacial score (nSPS) is 10.8. The summed E-state index contributed by atoms with van der Waals surface area (Å²) in [7, 11) is 0. The van der Waals surface area contributed by atoms with Gasteiger partial charge < -0.3 is 0 Å². The summed E-state index contributed by atoms with van der Waals surface area (Å²) in [6.45, 7) is 0. The first kappa shape index (κ1) is 17.0. The highest BCUT2D eigenvalue weighted by atomic mass is 35.5. The molecule has 23 heavy (non-hydrogen) atoms. The van der Waals surface area contributed by atoms with Crippen LogP contribution in [-0.2, 0) is 0 Å². The van der Waals surface area contributed by atoms with Crippen LogP contribution in [0.1, 0.15) is 10.4 Å². The van der Waals surface area contributed by atoms with Gasteiger partial charge in [-0.15, -0.1) is 22.7 Å². The number of thiophene rings is 1. The predicted molar refractivity (Wildman–Crippen MR) is 97.7 cm³/mol.